The van der Waals surface area contributed by atoms with Crippen molar-refractivity contribution in [3.63, 3.8) is 0 Å². The van der Waals surface area contributed by atoms with Crippen molar-refractivity contribution in [3.8, 4) is 0 Å². The van der Waals surface area contributed by atoms with Crippen LogP contribution in [0.15, 0.2) is 42.5 Å². The number of amides is 5. The minimum atomic E-state index is -1.65. The molecule has 1 aliphatic heterocycles. The van der Waals surface area contributed by atoms with Gasteiger partial charge in [0, 0.05) is 24.3 Å². The maximum atomic E-state index is 13.7. The number of rotatable bonds is 7. The first kappa shape index (κ1) is 23.8. The van der Waals surface area contributed by atoms with Crippen LogP contribution in [0.25, 0.3) is 0 Å². The van der Waals surface area contributed by atoms with Crippen LogP contribution in [-0.4, -0.2) is 53.2 Å². The normalized spacial score (nSPS) is 17.7. The molecule has 10 heteroatoms. The van der Waals surface area contributed by atoms with Gasteiger partial charge in [0.05, 0.1) is 0 Å². The molecule has 1 saturated heterocycles. The number of nitrogens with one attached hydrogen (secondary N) is 2. The van der Waals surface area contributed by atoms with E-state index in [9.17, 15) is 28.0 Å². The summed E-state index contributed by atoms with van der Waals surface area (Å²) in [5.74, 6) is -3.88. The number of hydrogen-bond acceptors (Lipinski definition) is 4. The van der Waals surface area contributed by atoms with Crippen molar-refractivity contribution in [2.75, 3.05) is 25.0 Å². The Kier molecular flexibility index (Phi) is 6.75. The molecule has 2 aromatic carbocycles. The molecular formula is C23H24F2N4O4. The highest BCUT2D eigenvalue weighted by Crippen LogP contribution is 2.29. The molecule has 5 amide bonds. The van der Waals surface area contributed by atoms with Crippen LogP contribution in [0.4, 0.5) is 19.3 Å². The third-order valence-corrected chi connectivity index (χ3v) is 5.52. The van der Waals surface area contributed by atoms with E-state index in [1.807, 2.05) is 13.8 Å². The van der Waals surface area contributed by atoms with E-state index in [0.717, 1.165) is 12.1 Å². The van der Waals surface area contributed by atoms with Gasteiger partial charge in [-0.3, -0.25) is 19.3 Å². The lowest BCUT2D eigenvalue weighted by Crippen LogP contribution is -2.42. The molecule has 1 fully saturated rings. The zero-order valence-corrected chi connectivity index (χ0v) is 18.4. The third-order valence-electron chi connectivity index (χ3n) is 5.52. The number of carbonyl (C=O) groups is 4. The lowest BCUT2D eigenvalue weighted by atomic mass is 9.92. The summed E-state index contributed by atoms with van der Waals surface area (Å²) in [4.78, 5) is 52.7. The first-order chi connectivity index (χ1) is 15.6. The molecule has 2 N–H and O–H groups in total. The van der Waals surface area contributed by atoms with E-state index < -0.39 is 41.6 Å². The molecule has 0 radical (unpaired) electrons. The van der Waals surface area contributed by atoms with Gasteiger partial charge in [-0.1, -0.05) is 12.1 Å². The zero-order valence-electron chi connectivity index (χ0n) is 18.4. The first-order valence-electron chi connectivity index (χ1n) is 10.4. The quantitative estimate of drug-likeness (QED) is 0.624. The van der Waals surface area contributed by atoms with Gasteiger partial charge < -0.3 is 15.5 Å². The van der Waals surface area contributed by atoms with Crippen molar-refractivity contribution in [2.24, 2.45) is 0 Å². The summed E-state index contributed by atoms with van der Waals surface area (Å²) in [7, 11) is 0. The van der Waals surface area contributed by atoms with Crippen LogP contribution in [0.1, 0.15) is 36.7 Å². The second-order valence-corrected chi connectivity index (χ2v) is 7.68. The van der Waals surface area contributed by atoms with Crippen LogP contribution in [0.5, 0.6) is 0 Å². The molecule has 3 rings (SSSR count). The molecule has 1 heterocycles. The van der Waals surface area contributed by atoms with Crippen molar-refractivity contribution in [3.05, 3.63) is 65.2 Å². The SMILES string of the molecule is CCN(CC)C(=O)c1cccc(NC(=O)CN2C(=O)NC(C)(c3ccc(F)c(F)c3)C2=O)c1. The molecule has 2 aromatic rings. The predicted molar refractivity (Wildman–Crippen MR) is 116 cm³/mol. The molecule has 0 aliphatic carbocycles. The van der Waals surface area contributed by atoms with Gasteiger partial charge >= 0.3 is 6.03 Å². The Balaban J connectivity index is 1.73. The van der Waals surface area contributed by atoms with Crippen LogP contribution in [0, 0.1) is 11.6 Å². The van der Waals surface area contributed by atoms with E-state index in [2.05, 4.69) is 10.6 Å². The third kappa shape index (κ3) is 4.69. The highest BCUT2D eigenvalue weighted by Gasteiger charge is 2.49. The number of carbonyl (C=O) groups excluding carboxylic acids is 4. The molecule has 0 aromatic heterocycles. The monoisotopic (exact) mass is 458 g/mol. The van der Waals surface area contributed by atoms with Crippen LogP contribution in [0.3, 0.4) is 0 Å². The van der Waals surface area contributed by atoms with Crippen molar-refractivity contribution in [1.29, 1.82) is 0 Å². The smallest absolute Gasteiger partial charge is 0.325 e. The minimum absolute atomic E-state index is 0.0466. The maximum absolute atomic E-state index is 13.7. The molecule has 0 bridgehead atoms. The molecule has 33 heavy (non-hydrogen) atoms. The highest BCUT2D eigenvalue weighted by atomic mass is 19.2. The molecular weight excluding hydrogens is 434 g/mol. The highest BCUT2D eigenvalue weighted by molar-refractivity contribution is 6.10. The molecule has 174 valence electrons. The standard InChI is InChI=1S/C23H24F2N4O4/c1-4-28(5-2)20(31)14-7-6-8-16(11-14)26-19(30)13-29-21(32)23(3,27-22(29)33)15-9-10-17(24)18(25)12-15/h6-12H,4-5,13H2,1-3H3,(H,26,30)(H,27,33). The first-order valence-corrected chi connectivity index (χ1v) is 10.4. The molecule has 1 unspecified atom stereocenters. The van der Waals surface area contributed by atoms with Crippen LogP contribution < -0.4 is 10.6 Å². The molecule has 0 spiro atoms. The van der Waals surface area contributed by atoms with Gasteiger partial charge in [-0.2, -0.15) is 0 Å². The van der Waals surface area contributed by atoms with Gasteiger partial charge in [-0.25, -0.2) is 13.6 Å². The predicted octanol–water partition coefficient (Wildman–Crippen LogP) is 2.85. The van der Waals surface area contributed by atoms with Crippen LogP contribution >= 0.6 is 0 Å². The van der Waals surface area contributed by atoms with Crippen LogP contribution in [-0.2, 0) is 15.1 Å². The molecule has 1 atom stereocenters. The van der Waals surface area contributed by atoms with Gasteiger partial charge in [0.25, 0.3) is 11.8 Å². The lowest BCUT2D eigenvalue weighted by molar-refractivity contribution is -0.133. The number of benzene rings is 2. The minimum Gasteiger partial charge on any atom is -0.339 e. The fourth-order valence-electron chi connectivity index (χ4n) is 3.61. The summed E-state index contributed by atoms with van der Waals surface area (Å²) in [6, 6.07) is 8.36. The van der Waals surface area contributed by atoms with Crippen LogP contribution in [0.2, 0.25) is 0 Å². The fourth-order valence-corrected chi connectivity index (χ4v) is 3.61. The van der Waals surface area contributed by atoms with Gasteiger partial charge in [-0.05, 0) is 56.7 Å². The lowest BCUT2D eigenvalue weighted by Gasteiger charge is -2.22. The summed E-state index contributed by atoms with van der Waals surface area (Å²) in [5.41, 5.74) is -0.891. The van der Waals surface area contributed by atoms with Gasteiger partial charge in [-0.15, -0.1) is 0 Å². The zero-order chi connectivity index (χ0) is 24.3. The Bertz CT molecular complexity index is 1120. The van der Waals surface area contributed by atoms with Gasteiger partial charge in [0.15, 0.2) is 11.6 Å². The van der Waals surface area contributed by atoms with Gasteiger partial charge in [0.2, 0.25) is 5.91 Å². The summed E-state index contributed by atoms with van der Waals surface area (Å²) < 4.78 is 26.9. The summed E-state index contributed by atoms with van der Waals surface area (Å²) in [6.45, 7) is 5.54. The maximum Gasteiger partial charge on any atom is 0.325 e. The molecule has 0 saturated carbocycles. The van der Waals surface area contributed by atoms with E-state index in [0.29, 0.717) is 29.2 Å². The average Bonchev–Trinajstić information content (AvgIpc) is 3.00. The van der Waals surface area contributed by atoms with E-state index in [1.54, 1.807) is 23.1 Å². The number of halogens is 2. The average molecular weight is 458 g/mol. The summed E-state index contributed by atoms with van der Waals surface area (Å²) >= 11 is 0. The molecule has 8 nitrogen and oxygen atoms in total. The summed E-state index contributed by atoms with van der Waals surface area (Å²) in [5, 5.41) is 5.00. The Morgan fingerprint density at radius 3 is 2.39 bits per heavy atom. The Morgan fingerprint density at radius 1 is 1.06 bits per heavy atom. The number of nitrogens with zero attached hydrogens (tertiary/aromatic N) is 2. The summed E-state index contributed by atoms with van der Waals surface area (Å²) in [6.07, 6.45) is 0. The number of anilines is 1. The number of imide groups is 1. The Labute approximate surface area is 189 Å². The second-order valence-electron chi connectivity index (χ2n) is 7.68. The topological polar surface area (TPSA) is 98.8 Å². The van der Waals surface area contributed by atoms with E-state index >= 15 is 0 Å². The molecule has 1 aliphatic rings. The van der Waals surface area contributed by atoms with Crippen molar-refractivity contribution < 1.29 is 28.0 Å². The Hall–Kier alpha value is -3.82. The van der Waals surface area contributed by atoms with Crippen molar-refractivity contribution in [2.45, 2.75) is 26.3 Å². The number of urea groups is 1. The van der Waals surface area contributed by atoms with E-state index in [4.69, 9.17) is 0 Å². The largest absolute Gasteiger partial charge is 0.339 e. The van der Waals surface area contributed by atoms with Crippen molar-refractivity contribution >= 4 is 29.4 Å². The van der Waals surface area contributed by atoms with E-state index in [1.165, 1.54) is 19.1 Å². The Morgan fingerprint density at radius 2 is 1.76 bits per heavy atom. The number of hydrogen-bond donors (Lipinski definition) is 2. The van der Waals surface area contributed by atoms with Crippen molar-refractivity contribution in [1.82, 2.24) is 15.1 Å². The van der Waals surface area contributed by atoms with E-state index in [-0.39, 0.29) is 11.5 Å². The fraction of sp³-hybridized carbons (Fsp3) is 0.304. The second kappa shape index (κ2) is 9.35. The van der Waals surface area contributed by atoms with Gasteiger partial charge in [0.1, 0.15) is 12.1 Å².